The van der Waals surface area contributed by atoms with Gasteiger partial charge in [-0.1, -0.05) is 48.5 Å². The van der Waals surface area contributed by atoms with Crippen LogP contribution >= 0.6 is 11.3 Å². The summed E-state index contributed by atoms with van der Waals surface area (Å²) in [7, 11) is 0. The van der Waals surface area contributed by atoms with Crippen molar-refractivity contribution in [2.75, 3.05) is 6.61 Å². The second-order valence-corrected chi connectivity index (χ2v) is 7.17. The molecule has 0 saturated carbocycles. The molecule has 0 spiro atoms. The van der Waals surface area contributed by atoms with Gasteiger partial charge in [-0.25, -0.2) is 0 Å². The van der Waals surface area contributed by atoms with E-state index < -0.39 is 0 Å². The third-order valence-corrected chi connectivity index (χ3v) is 5.01. The third kappa shape index (κ3) is 5.20. The molecule has 0 unspecified atom stereocenters. The highest BCUT2D eigenvalue weighted by Crippen LogP contribution is 2.26. The Morgan fingerprint density at radius 3 is 2.65 bits per heavy atom. The summed E-state index contributed by atoms with van der Waals surface area (Å²) in [6.45, 7) is 2.57. The van der Waals surface area contributed by atoms with E-state index in [1.807, 2.05) is 73.0 Å². The Labute approximate surface area is 158 Å². The Kier molecular flexibility index (Phi) is 6.45. The van der Waals surface area contributed by atoms with Crippen molar-refractivity contribution in [3.63, 3.8) is 0 Å². The maximum absolute atomic E-state index is 12.4. The molecule has 0 saturated heterocycles. The molecule has 0 aliphatic heterocycles. The minimum absolute atomic E-state index is 0.0418. The van der Waals surface area contributed by atoms with Crippen molar-refractivity contribution in [2.24, 2.45) is 0 Å². The van der Waals surface area contributed by atoms with Crippen LogP contribution in [0.1, 0.15) is 34.9 Å². The molecule has 1 aromatic heterocycles. The van der Waals surface area contributed by atoms with Crippen LogP contribution in [0.5, 0.6) is 5.75 Å². The maximum Gasteiger partial charge on any atom is 0.220 e. The van der Waals surface area contributed by atoms with Gasteiger partial charge in [0.05, 0.1) is 12.6 Å². The summed E-state index contributed by atoms with van der Waals surface area (Å²) in [5, 5.41) is 5.19. The lowest BCUT2D eigenvalue weighted by molar-refractivity contribution is -0.121. The molecule has 1 heterocycles. The highest BCUT2D eigenvalue weighted by Gasteiger charge is 2.17. The van der Waals surface area contributed by atoms with Crippen molar-refractivity contribution in [2.45, 2.75) is 25.8 Å². The van der Waals surface area contributed by atoms with Crippen molar-refractivity contribution in [1.82, 2.24) is 5.32 Å². The van der Waals surface area contributed by atoms with E-state index in [0.29, 0.717) is 19.4 Å². The molecule has 3 nitrogen and oxygen atoms in total. The number of hydrogen-bond acceptors (Lipinski definition) is 3. The fourth-order valence-electron chi connectivity index (χ4n) is 2.78. The van der Waals surface area contributed by atoms with Crippen molar-refractivity contribution in [3.8, 4) is 5.75 Å². The molecule has 0 aliphatic rings. The standard InChI is InChI=1S/C22H23NO2S/c1-17-8-5-11-19(16-17)25-14-6-13-21(24)23-22(20-12-7-15-26-20)18-9-3-2-4-10-18/h2-5,7-12,15-16,22H,6,13-14H2,1H3,(H,23,24)/t22-/m0/s1. The number of carbonyl (C=O) groups excluding carboxylic acids is 1. The van der Waals surface area contributed by atoms with Crippen LogP contribution in [0.4, 0.5) is 0 Å². The number of aryl methyl sites for hydroxylation is 1. The van der Waals surface area contributed by atoms with Gasteiger partial charge in [-0.15, -0.1) is 11.3 Å². The molecule has 3 rings (SSSR count). The van der Waals surface area contributed by atoms with Crippen molar-refractivity contribution >= 4 is 17.2 Å². The maximum atomic E-state index is 12.4. The fraction of sp³-hybridized carbons (Fsp3) is 0.227. The number of amides is 1. The van der Waals surface area contributed by atoms with Crippen LogP contribution in [0.3, 0.4) is 0 Å². The lowest BCUT2D eigenvalue weighted by atomic mass is 10.1. The molecule has 134 valence electrons. The van der Waals surface area contributed by atoms with Gasteiger partial charge in [0.15, 0.2) is 0 Å². The second kappa shape index (κ2) is 9.20. The molecule has 26 heavy (non-hydrogen) atoms. The van der Waals surface area contributed by atoms with Crippen LogP contribution in [-0.2, 0) is 4.79 Å². The molecule has 4 heteroatoms. The lowest BCUT2D eigenvalue weighted by Crippen LogP contribution is -2.28. The summed E-state index contributed by atoms with van der Waals surface area (Å²) in [5.74, 6) is 0.895. The topological polar surface area (TPSA) is 38.3 Å². The van der Waals surface area contributed by atoms with Gasteiger partial charge in [0.1, 0.15) is 5.75 Å². The van der Waals surface area contributed by atoms with E-state index in [2.05, 4.69) is 11.4 Å². The average Bonchev–Trinajstić information content (AvgIpc) is 3.18. The largest absolute Gasteiger partial charge is 0.494 e. The number of rotatable bonds is 8. The molecule has 0 fully saturated rings. The Balaban J connectivity index is 1.52. The fourth-order valence-corrected chi connectivity index (χ4v) is 3.58. The zero-order valence-corrected chi connectivity index (χ0v) is 15.7. The first-order valence-corrected chi connectivity index (χ1v) is 9.67. The van der Waals surface area contributed by atoms with Crippen LogP contribution < -0.4 is 10.1 Å². The smallest absolute Gasteiger partial charge is 0.220 e. The Morgan fingerprint density at radius 2 is 1.92 bits per heavy atom. The summed E-state index contributed by atoms with van der Waals surface area (Å²) in [6.07, 6.45) is 1.13. The zero-order chi connectivity index (χ0) is 18.2. The third-order valence-electron chi connectivity index (χ3n) is 4.07. The van der Waals surface area contributed by atoms with Gasteiger partial charge in [-0.2, -0.15) is 0 Å². The summed E-state index contributed by atoms with van der Waals surface area (Å²) in [6, 6.07) is 22.0. The van der Waals surface area contributed by atoms with Gasteiger partial charge in [0.25, 0.3) is 0 Å². The quantitative estimate of drug-likeness (QED) is 0.563. The summed E-state index contributed by atoms with van der Waals surface area (Å²) in [4.78, 5) is 13.6. The number of benzene rings is 2. The number of thiophene rings is 1. The van der Waals surface area contributed by atoms with Gasteiger partial charge < -0.3 is 10.1 Å². The average molecular weight is 365 g/mol. The van der Waals surface area contributed by atoms with Gasteiger partial charge in [0, 0.05) is 11.3 Å². The van der Waals surface area contributed by atoms with E-state index >= 15 is 0 Å². The first kappa shape index (κ1) is 18.2. The first-order valence-electron chi connectivity index (χ1n) is 8.79. The minimum atomic E-state index is -0.0959. The van der Waals surface area contributed by atoms with Crippen LogP contribution in [0, 0.1) is 6.92 Å². The predicted molar refractivity (Wildman–Crippen MR) is 107 cm³/mol. The van der Waals surface area contributed by atoms with Gasteiger partial charge in [0.2, 0.25) is 5.91 Å². The molecule has 1 N–H and O–H groups in total. The molecular formula is C22H23NO2S. The number of hydrogen-bond donors (Lipinski definition) is 1. The zero-order valence-electron chi connectivity index (χ0n) is 14.9. The predicted octanol–water partition coefficient (Wildman–Crippen LogP) is 5.12. The van der Waals surface area contributed by atoms with E-state index in [0.717, 1.165) is 16.2 Å². The molecule has 0 radical (unpaired) electrons. The van der Waals surface area contributed by atoms with Gasteiger partial charge in [-0.3, -0.25) is 4.79 Å². The number of ether oxygens (including phenoxy) is 1. The lowest BCUT2D eigenvalue weighted by Gasteiger charge is -2.18. The van der Waals surface area contributed by atoms with Gasteiger partial charge in [-0.05, 0) is 48.1 Å². The molecule has 1 atom stereocenters. The molecule has 3 aromatic rings. The Bertz CT molecular complexity index is 815. The van der Waals surface area contributed by atoms with Gasteiger partial charge >= 0.3 is 0 Å². The molecule has 2 aromatic carbocycles. The normalized spacial score (nSPS) is 11.7. The summed E-state index contributed by atoms with van der Waals surface area (Å²) >= 11 is 1.66. The van der Waals surface area contributed by atoms with E-state index in [-0.39, 0.29) is 11.9 Å². The minimum Gasteiger partial charge on any atom is -0.494 e. The number of carbonyl (C=O) groups is 1. The monoisotopic (exact) mass is 365 g/mol. The van der Waals surface area contributed by atoms with Crippen LogP contribution in [0.2, 0.25) is 0 Å². The highest BCUT2D eigenvalue weighted by atomic mass is 32.1. The van der Waals surface area contributed by atoms with E-state index in [1.165, 1.54) is 5.56 Å². The van der Waals surface area contributed by atoms with E-state index in [1.54, 1.807) is 11.3 Å². The molecule has 1 amide bonds. The summed E-state index contributed by atoms with van der Waals surface area (Å²) < 4.78 is 5.72. The van der Waals surface area contributed by atoms with Crippen LogP contribution in [0.15, 0.2) is 72.1 Å². The number of nitrogens with one attached hydrogen (secondary N) is 1. The molecule has 0 bridgehead atoms. The van der Waals surface area contributed by atoms with Crippen molar-refractivity contribution in [1.29, 1.82) is 0 Å². The summed E-state index contributed by atoms with van der Waals surface area (Å²) in [5.41, 5.74) is 2.27. The van der Waals surface area contributed by atoms with E-state index in [4.69, 9.17) is 4.74 Å². The Morgan fingerprint density at radius 1 is 1.08 bits per heavy atom. The van der Waals surface area contributed by atoms with Crippen LogP contribution in [-0.4, -0.2) is 12.5 Å². The Hall–Kier alpha value is -2.59. The second-order valence-electron chi connectivity index (χ2n) is 6.20. The molecular weight excluding hydrogens is 342 g/mol. The first-order chi connectivity index (χ1) is 12.7. The van der Waals surface area contributed by atoms with Crippen molar-refractivity contribution < 1.29 is 9.53 Å². The van der Waals surface area contributed by atoms with E-state index in [9.17, 15) is 4.79 Å². The molecule has 0 aliphatic carbocycles. The van der Waals surface area contributed by atoms with Crippen LogP contribution in [0.25, 0.3) is 0 Å². The highest BCUT2D eigenvalue weighted by molar-refractivity contribution is 7.10. The SMILES string of the molecule is Cc1cccc(OCCCC(=O)N[C@@H](c2ccccc2)c2cccs2)c1. The van der Waals surface area contributed by atoms with Crippen molar-refractivity contribution in [3.05, 3.63) is 88.1 Å².